The molecule has 0 fully saturated rings. The molecule has 1 heterocycles. The minimum absolute atomic E-state index is 0.153. The SMILES string of the molecule is COc1ccc(S(=O)(=O)Nc2ccc(Nc3cc(Nc4ccc(C)cc4)nc(C)n3)cc2)cc1. The van der Waals surface area contributed by atoms with Gasteiger partial charge in [-0.25, -0.2) is 18.4 Å². The van der Waals surface area contributed by atoms with Gasteiger partial charge in [-0.1, -0.05) is 17.7 Å². The van der Waals surface area contributed by atoms with Crippen LogP contribution in [0.2, 0.25) is 0 Å². The lowest BCUT2D eigenvalue weighted by Gasteiger charge is -2.12. The molecule has 0 bridgehead atoms. The molecule has 0 aliphatic rings. The zero-order valence-electron chi connectivity index (χ0n) is 19.0. The second-order valence-electron chi connectivity index (χ2n) is 7.66. The van der Waals surface area contributed by atoms with Gasteiger partial charge in [-0.05, 0) is 74.5 Å². The molecule has 4 rings (SSSR count). The zero-order chi connectivity index (χ0) is 24.1. The lowest BCUT2D eigenvalue weighted by atomic mass is 10.2. The first-order valence-corrected chi connectivity index (χ1v) is 12.0. The van der Waals surface area contributed by atoms with Gasteiger partial charge < -0.3 is 15.4 Å². The highest BCUT2D eigenvalue weighted by atomic mass is 32.2. The summed E-state index contributed by atoms with van der Waals surface area (Å²) in [4.78, 5) is 9.03. The van der Waals surface area contributed by atoms with Gasteiger partial charge in [-0.15, -0.1) is 0 Å². The van der Waals surface area contributed by atoms with Gasteiger partial charge in [0.15, 0.2) is 0 Å². The van der Waals surface area contributed by atoms with E-state index < -0.39 is 10.0 Å². The van der Waals surface area contributed by atoms with E-state index in [1.54, 1.807) is 36.4 Å². The van der Waals surface area contributed by atoms with Crippen LogP contribution in [0, 0.1) is 13.8 Å². The van der Waals surface area contributed by atoms with Crippen LogP contribution in [0.5, 0.6) is 5.75 Å². The van der Waals surface area contributed by atoms with Crippen molar-refractivity contribution in [2.24, 2.45) is 0 Å². The number of benzene rings is 3. The van der Waals surface area contributed by atoms with Crippen LogP contribution in [-0.2, 0) is 10.0 Å². The number of methoxy groups -OCH3 is 1. The first-order valence-electron chi connectivity index (χ1n) is 10.5. The fourth-order valence-corrected chi connectivity index (χ4v) is 4.28. The van der Waals surface area contributed by atoms with Crippen LogP contribution in [-0.4, -0.2) is 25.5 Å². The smallest absolute Gasteiger partial charge is 0.261 e. The molecule has 0 aliphatic carbocycles. The number of hydrogen-bond donors (Lipinski definition) is 3. The predicted molar refractivity (Wildman–Crippen MR) is 135 cm³/mol. The molecule has 0 saturated heterocycles. The van der Waals surface area contributed by atoms with Crippen molar-refractivity contribution in [2.75, 3.05) is 22.5 Å². The third-order valence-corrected chi connectivity index (χ3v) is 6.34. The van der Waals surface area contributed by atoms with Gasteiger partial charge in [-0.2, -0.15) is 0 Å². The summed E-state index contributed by atoms with van der Waals surface area (Å²) in [7, 11) is -2.18. The Bertz CT molecular complexity index is 1370. The van der Waals surface area contributed by atoms with Crippen LogP contribution >= 0.6 is 0 Å². The van der Waals surface area contributed by atoms with E-state index in [0.717, 1.165) is 11.4 Å². The topological polar surface area (TPSA) is 105 Å². The summed E-state index contributed by atoms with van der Waals surface area (Å²) in [5, 5.41) is 6.51. The number of hydrogen-bond acceptors (Lipinski definition) is 7. The number of aryl methyl sites for hydroxylation is 2. The van der Waals surface area contributed by atoms with Crippen LogP contribution in [0.4, 0.5) is 28.7 Å². The van der Waals surface area contributed by atoms with Gasteiger partial charge in [-0.3, -0.25) is 4.72 Å². The molecule has 0 radical (unpaired) electrons. The number of sulfonamides is 1. The van der Waals surface area contributed by atoms with Crippen molar-refractivity contribution in [1.82, 2.24) is 9.97 Å². The van der Waals surface area contributed by atoms with Crippen molar-refractivity contribution in [1.29, 1.82) is 0 Å². The summed E-state index contributed by atoms with van der Waals surface area (Å²) in [5.41, 5.74) is 3.32. The summed E-state index contributed by atoms with van der Waals surface area (Å²) in [6.45, 7) is 3.86. The molecule has 8 nitrogen and oxygen atoms in total. The van der Waals surface area contributed by atoms with Gasteiger partial charge >= 0.3 is 0 Å². The van der Waals surface area contributed by atoms with E-state index in [0.29, 0.717) is 28.9 Å². The highest BCUT2D eigenvalue weighted by Crippen LogP contribution is 2.24. The molecule has 0 unspecified atom stereocenters. The van der Waals surface area contributed by atoms with Crippen LogP contribution in [0.1, 0.15) is 11.4 Å². The molecule has 34 heavy (non-hydrogen) atoms. The average Bonchev–Trinajstić information content (AvgIpc) is 2.81. The van der Waals surface area contributed by atoms with Gasteiger partial charge in [0.05, 0.1) is 12.0 Å². The highest BCUT2D eigenvalue weighted by Gasteiger charge is 2.14. The van der Waals surface area contributed by atoms with E-state index in [9.17, 15) is 8.42 Å². The third-order valence-electron chi connectivity index (χ3n) is 4.94. The Kier molecular flexibility index (Phi) is 6.65. The second-order valence-corrected chi connectivity index (χ2v) is 9.34. The van der Waals surface area contributed by atoms with E-state index in [4.69, 9.17) is 4.74 Å². The molecule has 4 aromatic rings. The fourth-order valence-electron chi connectivity index (χ4n) is 3.22. The molecule has 0 aliphatic heterocycles. The van der Waals surface area contributed by atoms with Gasteiger partial charge in [0.2, 0.25) is 0 Å². The Balaban J connectivity index is 1.45. The van der Waals surface area contributed by atoms with Crippen molar-refractivity contribution in [3.8, 4) is 5.75 Å². The monoisotopic (exact) mass is 475 g/mol. The maximum atomic E-state index is 12.6. The maximum absolute atomic E-state index is 12.6. The van der Waals surface area contributed by atoms with Crippen molar-refractivity contribution < 1.29 is 13.2 Å². The molecule has 3 N–H and O–H groups in total. The summed E-state index contributed by atoms with van der Waals surface area (Å²) < 4.78 is 32.9. The van der Waals surface area contributed by atoms with Crippen molar-refractivity contribution in [3.05, 3.63) is 90.3 Å². The number of nitrogens with zero attached hydrogens (tertiary/aromatic N) is 2. The van der Waals surface area contributed by atoms with Crippen molar-refractivity contribution in [2.45, 2.75) is 18.7 Å². The molecule has 9 heteroatoms. The normalized spacial score (nSPS) is 11.0. The minimum atomic E-state index is -3.71. The summed E-state index contributed by atoms with van der Waals surface area (Å²) in [5.74, 6) is 2.49. The van der Waals surface area contributed by atoms with Crippen LogP contribution in [0.3, 0.4) is 0 Å². The number of nitrogens with one attached hydrogen (secondary N) is 3. The molecule has 0 atom stereocenters. The number of rotatable bonds is 8. The van der Waals surface area contributed by atoms with E-state index in [1.165, 1.54) is 24.8 Å². The maximum Gasteiger partial charge on any atom is 0.261 e. The predicted octanol–water partition coefficient (Wildman–Crippen LogP) is 5.39. The van der Waals surface area contributed by atoms with E-state index in [1.807, 2.05) is 44.2 Å². The van der Waals surface area contributed by atoms with Gasteiger partial charge in [0, 0.05) is 23.1 Å². The molecule has 174 valence electrons. The van der Waals surface area contributed by atoms with Crippen molar-refractivity contribution >= 4 is 38.7 Å². The lowest BCUT2D eigenvalue weighted by molar-refractivity contribution is 0.414. The van der Waals surface area contributed by atoms with Crippen LogP contribution < -0.4 is 20.1 Å². The van der Waals surface area contributed by atoms with Gasteiger partial charge in [0.25, 0.3) is 10.0 Å². The van der Waals surface area contributed by atoms with E-state index in [2.05, 4.69) is 25.3 Å². The summed E-state index contributed by atoms with van der Waals surface area (Å²) in [6.07, 6.45) is 0. The Morgan fingerprint density at radius 1 is 0.706 bits per heavy atom. The lowest BCUT2D eigenvalue weighted by Crippen LogP contribution is -2.12. The molecule has 0 spiro atoms. The average molecular weight is 476 g/mol. The van der Waals surface area contributed by atoms with Crippen LogP contribution in [0.25, 0.3) is 0 Å². The number of aromatic nitrogens is 2. The largest absolute Gasteiger partial charge is 0.497 e. The number of anilines is 5. The molecular formula is C25H25N5O3S. The Morgan fingerprint density at radius 2 is 1.21 bits per heavy atom. The van der Waals surface area contributed by atoms with E-state index in [-0.39, 0.29) is 4.90 Å². The summed E-state index contributed by atoms with van der Waals surface area (Å²) in [6, 6.07) is 23.0. The Labute approximate surface area is 199 Å². The fraction of sp³-hybridized carbons (Fsp3) is 0.120. The third kappa shape index (κ3) is 5.81. The highest BCUT2D eigenvalue weighted by molar-refractivity contribution is 7.92. The first kappa shape index (κ1) is 23.1. The summed E-state index contributed by atoms with van der Waals surface area (Å²) >= 11 is 0. The number of ether oxygens (including phenoxy) is 1. The van der Waals surface area contributed by atoms with Gasteiger partial charge in [0.1, 0.15) is 23.2 Å². The quantitative estimate of drug-likeness (QED) is 0.314. The Morgan fingerprint density at radius 3 is 1.74 bits per heavy atom. The van der Waals surface area contributed by atoms with Crippen LogP contribution in [0.15, 0.2) is 83.8 Å². The molecule has 1 aromatic heterocycles. The first-order chi connectivity index (χ1) is 16.3. The second kappa shape index (κ2) is 9.80. The molecular weight excluding hydrogens is 450 g/mol. The van der Waals surface area contributed by atoms with Crippen molar-refractivity contribution in [3.63, 3.8) is 0 Å². The van der Waals surface area contributed by atoms with E-state index >= 15 is 0 Å². The minimum Gasteiger partial charge on any atom is -0.497 e. The molecule has 0 amide bonds. The molecule has 0 saturated carbocycles. The molecule has 3 aromatic carbocycles. The standard InChI is InChI=1S/C25H25N5O3S/c1-17-4-6-19(7-5-17)28-24-16-25(27-18(2)26-24)29-20-8-10-21(11-9-20)30-34(31,32)23-14-12-22(33-3)13-15-23/h4-16,30H,1-3H3,(H2,26,27,28,29). The Hall–Kier alpha value is -4.11. The zero-order valence-corrected chi connectivity index (χ0v) is 19.8.